The monoisotopic (exact) mass is 264 g/mol. The fourth-order valence-electron chi connectivity index (χ4n) is 1.23. The Morgan fingerprint density at radius 1 is 1.00 bits per heavy atom. The maximum Gasteiger partial charge on any atom is 0.326 e. The van der Waals surface area contributed by atoms with E-state index in [0.29, 0.717) is 0 Å². The zero-order valence-electron chi connectivity index (χ0n) is 7.03. The Balaban J connectivity index is 3.13. The van der Waals surface area contributed by atoms with Gasteiger partial charge in [0, 0.05) is 0 Å². The first-order valence-electron chi connectivity index (χ1n) is 3.80. The summed E-state index contributed by atoms with van der Waals surface area (Å²) in [6, 6.07) is 1.38. The molecule has 0 radical (unpaired) electrons. The lowest BCUT2D eigenvalue weighted by Gasteiger charge is -2.02. The van der Waals surface area contributed by atoms with E-state index in [1.807, 2.05) is 4.98 Å². The molecule has 0 saturated heterocycles. The van der Waals surface area contributed by atoms with Gasteiger partial charge in [0.2, 0.25) is 0 Å². The second kappa shape index (κ2) is 3.56. The number of aromatic nitrogens is 2. The molecule has 1 aromatic heterocycles. The molecule has 0 bridgehead atoms. The number of rotatable bonds is 0. The molecule has 2 N–H and O–H groups in total. The van der Waals surface area contributed by atoms with Crippen LogP contribution in [0.1, 0.15) is 0 Å². The minimum absolute atomic E-state index is 0.0247. The molecule has 0 fully saturated rings. The van der Waals surface area contributed by atoms with Crippen LogP contribution in [-0.4, -0.2) is 9.97 Å². The summed E-state index contributed by atoms with van der Waals surface area (Å²) in [6.07, 6.45) is 0. The number of fused-ring (bicyclic) bond motifs is 1. The smallest absolute Gasteiger partial charge is 0.307 e. The van der Waals surface area contributed by atoms with Crippen LogP contribution < -0.4 is 11.2 Å². The standard InChI is InChI=1S/C8H3Cl3N2O2/c9-2-1-3-4(6(11)5(2)10)7(14)13-8(15)12-3/h1H,(H2,12,13,14,15). The Hall–Kier alpha value is -0.970. The van der Waals surface area contributed by atoms with Crippen LogP contribution in [0.5, 0.6) is 0 Å². The third-order valence-electron chi connectivity index (χ3n) is 1.86. The van der Waals surface area contributed by atoms with E-state index in [-0.39, 0.29) is 26.0 Å². The van der Waals surface area contributed by atoms with Crippen molar-refractivity contribution in [2.75, 3.05) is 0 Å². The van der Waals surface area contributed by atoms with Crippen LogP contribution in [0.2, 0.25) is 15.1 Å². The van der Waals surface area contributed by atoms with Gasteiger partial charge in [-0.25, -0.2) is 4.79 Å². The van der Waals surface area contributed by atoms with Gasteiger partial charge in [0.1, 0.15) is 0 Å². The van der Waals surface area contributed by atoms with Gasteiger partial charge in [-0.05, 0) is 6.07 Å². The van der Waals surface area contributed by atoms with E-state index in [4.69, 9.17) is 34.8 Å². The molecule has 0 aliphatic heterocycles. The van der Waals surface area contributed by atoms with Crippen molar-refractivity contribution in [2.24, 2.45) is 0 Å². The molecule has 0 aliphatic rings. The summed E-state index contributed by atoms with van der Waals surface area (Å²) < 4.78 is 0. The topological polar surface area (TPSA) is 65.7 Å². The van der Waals surface area contributed by atoms with E-state index in [1.165, 1.54) is 6.07 Å². The van der Waals surface area contributed by atoms with Gasteiger partial charge in [-0.2, -0.15) is 0 Å². The minimum Gasteiger partial charge on any atom is -0.307 e. The molecule has 7 heteroatoms. The number of halogens is 3. The molecule has 1 aromatic carbocycles. The molecule has 2 rings (SSSR count). The Kier molecular flexibility index (Phi) is 2.50. The van der Waals surface area contributed by atoms with E-state index >= 15 is 0 Å². The van der Waals surface area contributed by atoms with Gasteiger partial charge in [-0.3, -0.25) is 9.78 Å². The van der Waals surface area contributed by atoms with Crippen molar-refractivity contribution in [3.63, 3.8) is 0 Å². The van der Waals surface area contributed by atoms with Crippen molar-refractivity contribution in [1.29, 1.82) is 0 Å². The van der Waals surface area contributed by atoms with Gasteiger partial charge in [0.05, 0.1) is 26.0 Å². The molecule has 4 nitrogen and oxygen atoms in total. The SMILES string of the molecule is O=c1[nH]c(=O)c2c(Cl)c(Cl)c(Cl)cc2[nH]1. The van der Waals surface area contributed by atoms with Crippen LogP contribution in [0, 0.1) is 0 Å². The number of nitrogens with one attached hydrogen (secondary N) is 2. The van der Waals surface area contributed by atoms with E-state index in [2.05, 4.69) is 4.98 Å². The first kappa shape index (κ1) is 10.5. The van der Waals surface area contributed by atoms with Crippen LogP contribution in [0.4, 0.5) is 0 Å². The van der Waals surface area contributed by atoms with Gasteiger partial charge in [-0.15, -0.1) is 0 Å². The van der Waals surface area contributed by atoms with Crippen molar-refractivity contribution >= 4 is 45.7 Å². The highest BCUT2D eigenvalue weighted by molar-refractivity contribution is 6.50. The predicted octanol–water partition coefficient (Wildman–Crippen LogP) is 2.18. The number of hydrogen-bond donors (Lipinski definition) is 2. The van der Waals surface area contributed by atoms with Crippen molar-refractivity contribution in [3.05, 3.63) is 42.0 Å². The van der Waals surface area contributed by atoms with Crippen molar-refractivity contribution in [1.82, 2.24) is 9.97 Å². The summed E-state index contributed by atoms with van der Waals surface area (Å²) in [6.45, 7) is 0. The third kappa shape index (κ3) is 1.65. The number of hydrogen-bond acceptors (Lipinski definition) is 2. The van der Waals surface area contributed by atoms with Crippen LogP contribution in [-0.2, 0) is 0 Å². The van der Waals surface area contributed by atoms with Crippen LogP contribution in [0.25, 0.3) is 10.9 Å². The van der Waals surface area contributed by atoms with Gasteiger partial charge >= 0.3 is 5.69 Å². The van der Waals surface area contributed by atoms with Crippen molar-refractivity contribution in [3.8, 4) is 0 Å². The normalized spacial score (nSPS) is 10.9. The number of benzene rings is 1. The summed E-state index contributed by atoms with van der Waals surface area (Å²) in [7, 11) is 0. The van der Waals surface area contributed by atoms with Crippen LogP contribution in [0.15, 0.2) is 15.7 Å². The molecule has 0 unspecified atom stereocenters. The van der Waals surface area contributed by atoms with E-state index in [9.17, 15) is 9.59 Å². The zero-order valence-corrected chi connectivity index (χ0v) is 9.30. The second-order valence-electron chi connectivity index (χ2n) is 2.82. The Bertz CT molecular complexity index is 659. The first-order chi connectivity index (χ1) is 7.00. The summed E-state index contributed by atoms with van der Waals surface area (Å²) in [4.78, 5) is 26.9. The lowest BCUT2D eigenvalue weighted by atomic mass is 10.2. The van der Waals surface area contributed by atoms with Crippen LogP contribution in [0.3, 0.4) is 0 Å². The van der Waals surface area contributed by atoms with E-state index < -0.39 is 11.2 Å². The fourth-order valence-corrected chi connectivity index (χ4v) is 1.93. The predicted molar refractivity (Wildman–Crippen MR) is 60.2 cm³/mol. The molecule has 0 amide bonds. The molecular formula is C8H3Cl3N2O2. The average molecular weight is 265 g/mol. The highest BCUT2D eigenvalue weighted by atomic mass is 35.5. The first-order valence-corrected chi connectivity index (χ1v) is 4.94. The Morgan fingerprint density at radius 2 is 1.67 bits per heavy atom. The zero-order chi connectivity index (χ0) is 11.2. The lowest BCUT2D eigenvalue weighted by molar-refractivity contribution is 1.08. The largest absolute Gasteiger partial charge is 0.326 e. The molecular weight excluding hydrogens is 262 g/mol. The van der Waals surface area contributed by atoms with Gasteiger partial charge < -0.3 is 4.98 Å². The molecule has 15 heavy (non-hydrogen) atoms. The Labute approximate surface area is 97.8 Å². The highest BCUT2D eigenvalue weighted by Crippen LogP contribution is 2.33. The molecule has 1 heterocycles. The summed E-state index contributed by atoms with van der Waals surface area (Å²) in [5.74, 6) is 0. The second-order valence-corrected chi connectivity index (χ2v) is 3.98. The average Bonchev–Trinajstić information content (AvgIpc) is 2.13. The molecule has 78 valence electrons. The number of H-pyrrole nitrogens is 2. The lowest BCUT2D eigenvalue weighted by Crippen LogP contribution is -2.22. The number of aromatic amines is 2. The third-order valence-corrected chi connectivity index (χ3v) is 3.13. The van der Waals surface area contributed by atoms with Gasteiger partial charge in [-0.1, -0.05) is 34.8 Å². The van der Waals surface area contributed by atoms with Gasteiger partial charge in [0.15, 0.2) is 0 Å². The quantitative estimate of drug-likeness (QED) is 0.717. The maximum absolute atomic E-state index is 11.4. The molecule has 0 saturated carbocycles. The van der Waals surface area contributed by atoms with E-state index in [0.717, 1.165) is 0 Å². The summed E-state index contributed by atoms with van der Waals surface area (Å²) in [5.41, 5.74) is -0.970. The highest BCUT2D eigenvalue weighted by Gasteiger charge is 2.12. The molecule has 0 atom stereocenters. The van der Waals surface area contributed by atoms with Gasteiger partial charge in [0.25, 0.3) is 5.56 Å². The molecule has 0 spiro atoms. The van der Waals surface area contributed by atoms with Crippen molar-refractivity contribution < 1.29 is 0 Å². The maximum atomic E-state index is 11.4. The summed E-state index contributed by atoms with van der Waals surface area (Å²) in [5, 5.41) is 0.404. The Morgan fingerprint density at radius 3 is 2.33 bits per heavy atom. The molecule has 2 aromatic rings. The fraction of sp³-hybridized carbons (Fsp3) is 0. The van der Waals surface area contributed by atoms with Crippen molar-refractivity contribution in [2.45, 2.75) is 0 Å². The summed E-state index contributed by atoms with van der Waals surface area (Å²) >= 11 is 17.3. The minimum atomic E-state index is -0.623. The van der Waals surface area contributed by atoms with Crippen LogP contribution >= 0.6 is 34.8 Å². The van der Waals surface area contributed by atoms with E-state index in [1.54, 1.807) is 0 Å². The molecule has 0 aliphatic carbocycles.